The van der Waals surface area contributed by atoms with Gasteiger partial charge in [0.15, 0.2) is 11.0 Å². The largest absolute Gasteiger partial charge is 0.299 e. The molecule has 0 N–H and O–H groups in total. The summed E-state index contributed by atoms with van der Waals surface area (Å²) in [6.45, 7) is 2.11. The summed E-state index contributed by atoms with van der Waals surface area (Å²) in [5.74, 6) is 1.18. The number of aryl methyl sites for hydroxylation is 1. The molecule has 0 saturated heterocycles. The van der Waals surface area contributed by atoms with Gasteiger partial charge in [-0.15, -0.1) is 33.4 Å². The van der Waals surface area contributed by atoms with Crippen LogP contribution in [0.4, 0.5) is 0 Å². The number of rotatable bonds is 6. The Kier molecular flexibility index (Phi) is 6.07. The molecule has 0 amide bonds. The van der Waals surface area contributed by atoms with Crippen molar-refractivity contribution in [3.63, 3.8) is 0 Å². The number of halogens is 2. The maximum absolute atomic E-state index is 6.53. The summed E-state index contributed by atoms with van der Waals surface area (Å²) in [6.07, 6.45) is 7.01. The van der Waals surface area contributed by atoms with Gasteiger partial charge in [0.2, 0.25) is 0 Å². The number of alkyl halides is 2. The van der Waals surface area contributed by atoms with Gasteiger partial charge in [-0.25, -0.2) is 0 Å². The molecule has 3 nitrogen and oxygen atoms in total. The molecule has 0 bridgehead atoms. The zero-order valence-corrected chi connectivity index (χ0v) is 20.0. The van der Waals surface area contributed by atoms with E-state index in [0.717, 1.165) is 23.0 Å². The van der Waals surface area contributed by atoms with Crippen LogP contribution in [0.5, 0.6) is 0 Å². The van der Waals surface area contributed by atoms with E-state index in [1.165, 1.54) is 43.2 Å². The molecule has 0 radical (unpaired) electrons. The van der Waals surface area contributed by atoms with E-state index >= 15 is 0 Å². The van der Waals surface area contributed by atoms with Crippen molar-refractivity contribution in [2.45, 2.75) is 66.2 Å². The predicted molar refractivity (Wildman–Crippen MR) is 130 cm³/mol. The van der Waals surface area contributed by atoms with Gasteiger partial charge < -0.3 is 0 Å². The molecule has 6 heteroatoms. The van der Waals surface area contributed by atoms with Crippen molar-refractivity contribution in [1.82, 2.24) is 14.8 Å². The predicted octanol–water partition coefficient (Wildman–Crippen LogP) is 7.79. The molecule has 2 aliphatic rings. The molecular weight excluding hydrogens is 445 g/mol. The van der Waals surface area contributed by atoms with E-state index in [2.05, 4.69) is 65.1 Å². The zero-order chi connectivity index (χ0) is 21.4. The Morgan fingerprint density at radius 2 is 1.65 bits per heavy atom. The van der Waals surface area contributed by atoms with Gasteiger partial charge >= 0.3 is 0 Å². The van der Waals surface area contributed by atoms with E-state index in [4.69, 9.17) is 28.3 Å². The lowest BCUT2D eigenvalue weighted by Gasteiger charge is -2.27. The van der Waals surface area contributed by atoms with Crippen LogP contribution < -0.4 is 0 Å². The Hall–Kier alpha value is -1.49. The Bertz CT molecular complexity index is 1030. The zero-order valence-electron chi connectivity index (χ0n) is 17.7. The van der Waals surface area contributed by atoms with Gasteiger partial charge in [0, 0.05) is 22.8 Å². The fraction of sp³-hybridized carbons (Fsp3) is 0.440. The smallest absolute Gasteiger partial charge is 0.192 e. The Labute approximate surface area is 198 Å². The number of nitrogens with zero attached hydrogens (tertiary/aromatic N) is 3. The highest BCUT2D eigenvalue weighted by Crippen LogP contribution is 2.63. The number of aromatic nitrogens is 3. The van der Waals surface area contributed by atoms with Crippen LogP contribution in [0.3, 0.4) is 0 Å². The van der Waals surface area contributed by atoms with Crippen LogP contribution in [-0.2, 0) is 0 Å². The highest BCUT2D eigenvalue weighted by molar-refractivity contribution is 7.99. The molecule has 2 fully saturated rings. The molecule has 2 atom stereocenters. The maximum atomic E-state index is 6.53. The monoisotopic (exact) mass is 471 g/mol. The number of thioether (sulfide) groups is 1. The van der Waals surface area contributed by atoms with E-state index in [0.29, 0.717) is 6.04 Å². The van der Waals surface area contributed by atoms with E-state index in [9.17, 15) is 0 Å². The topological polar surface area (TPSA) is 30.7 Å². The van der Waals surface area contributed by atoms with Crippen molar-refractivity contribution in [1.29, 1.82) is 0 Å². The first-order valence-electron chi connectivity index (χ1n) is 11.1. The van der Waals surface area contributed by atoms with Gasteiger partial charge in [0.25, 0.3) is 0 Å². The molecule has 2 unspecified atom stereocenters. The molecule has 1 aromatic heterocycles. The van der Waals surface area contributed by atoms with Crippen molar-refractivity contribution >= 4 is 35.0 Å². The first kappa shape index (κ1) is 21.4. The van der Waals surface area contributed by atoms with Crippen LogP contribution in [0.15, 0.2) is 59.8 Å². The maximum Gasteiger partial charge on any atom is 0.192 e. The third kappa shape index (κ3) is 4.53. The highest BCUT2D eigenvalue weighted by atomic mass is 35.5. The van der Waals surface area contributed by atoms with Crippen molar-refractivity contribution in [3.05, 3.63) is 65.7 Å². The van der Waals surface area contributed by atoms with Gasteiger partial charge in [0.1, 0.15) is 4.33 Å². The summed E-state index contributed by atoms with van der Waals surface area (Å²) in [5, 5.41) is 10.5. The van der Waals surface area contributed by atoms with E-state index in [1.54, 1.807) is 11.8 Å². The fourth-order valence-electron chi connectivity index (χ4n) is 4.63. The van der Waals surface area contributed by atoms with Crippen molar-refractivity contribution < 1.29 is 0 Å². The van der Waals surface area contributed by atoms with E-state index < -0.39 is 4.33 Å². The van der Waals surface area contributed by atoms with E-state index in [1.807, 2.05) is 6.07 Å². The first-order chi connectivity index (χ1) is 15.0. The van der Waals surface area contributed by atoms with Gasteiger partial charge in [-0.2, -0.15) is 0 Å². The Balaban J connectivity index is 1.54. The summed E-state index contributed by atoms with van der Waals surface area (Å²) in [5.41, 5.74) is 3.62. The molecule has 5 rings (SSSR count). The SMILES string of the molecule is Cc1ccc(-c2nnc(SC(c3ccccc3)C3CC3(Cl)Cl)n2C2CCCCC2)cc1. The molecule has 31 heavy (non-hydrogen) atoms. The summed E-state index contributed by atoms with van der Waals surface area (Å²) in [4.78, 5) is 0. The molecule has 0 spiro atoms. The molecule has 2 aromatic carbocycles. The normalized spacial score (nSPS) is 21.7. The first-order valence-corrected chi connectivity index (χ1v) is 12.8. The van der Waals surface area contributed by atoms with Crippen molar-refractivity contribution in [2.75, 3.05) is 0 Å². The van der Waals surface area contributed by atoms with Crippen molar-refractivity contribution in [3.8, 4) is 11.4 Å². The summed E-state index contributed by atoms with van der Waals surface area (Å²) >= 11 is 14.8. The average molecular weight is 472 g/mol. The standard InChI is InChI=1S/C25H27Cl2N3S/c1-17-12-14-19(15-13-17)23-28-29-24(30(23)20-10-6-3-7-11-20)31-22(21-16-25(21,26)27)18-8-4-2-5-9-18/h2,4-5,8-9,12-15,20-22H,3,6-7,10-11,16H2,1H3. The summed E-state index contributed by atoms with van der Waals surface area (Å²) < 4.78 is 1.75. The van der Waals surface area contributed by atoms with Gasteiger partial charge in [-0.05, 0) is 31.7 Å². The minimum Gasteiger partial charge on any atom is -0.299 e. The van der Waals surface area contributed by atoms with Crippen molar-refractivity contribution in [2.24, 2.45) is 5.92 Å². The van der Waals surface area contributed by atoms with Gasteiger partial charge in [0.05, 0.1) is 0 Å². The molecule has 162 valence electrons. The molecule has 0 aliphatic heterocycles. The number of hydrogen-bond donors (Lipinski definition) is 0. The lowest BCUT2D eigenvalue weighted by Crippen LogP contribution is -2.16. The number of hydrogen-bond acceptors (Lipinski definition) is 3. The van der Waals surface area contributed by atoms with E-state index in [-0.39, 0.29) is 11.2 Å². The molecule has 1 heterocycles. The Morgan fingerprint density at radius 1 is 0.968 bits per heavy atom. The second kappa shape index (κ2) is 8.80. The third-order valence-corrected chi connectivity index (χ3v) is 8.73. The van der Waals surface area contributed by atoms with Gasteiger partial charge in [-0.3, -0.25) is 4.57 Å². The lowest BCUT2D eigenvalue weighted by molar-refractivity contribution is 0.339. The molecular formula is C25H27Cl2N3S. The molecule has 3 aromatic rings. The summed E-state index contributed by atoms with van der Waals surface area (Å²) in [7, 11) is 0. The van der Waals surface area contributed by atoms with Crippen LogP contribution in [0.2, 0.25) is 0 Å². The molecule has 2 saturated carbocycles. The fourth-order valence-corrected chi connectivity index (χ4v) is 6.81. The second-order valence-electron chi connectivity index (χ2n) is 8.85. The quantitative estimate of drug-likeness (QED) is 0.271. The minimum atomic E-state index is -0.650. The van der Waals surface area contributed by atoms with Crippen LogP contribution in [0.25, 0.3) is 11.4 Å². The second-order valence-corrected chi connectivity index (χ2v) is 11.5. The lowest BCUT2D eigenvalue weighted by atomic mass is 9.95. The summed E-state index contributed by atoms with van der Waals surface area (Å²) in [6, 6.07) is 19.6. The third-order valence-electron chi connectivity index (χ3n) is 6.51. The number of benzene rings is 2. The van der Waals surface area contributed by atoms with Crippen LogP contribution in [-0.4, -0.2) is 19.1 Å². The highest BCUT2D eigenvalue weighted by Gasteiger charge is 2.56. The van der Waals surface area contributed by atoms with Crippen LogP contribution in [0.1, 0.15) is 60.9 Å². The molecule has 2 aliphatic carbocycles. The average Bonchev–Trinajstić information content (AvgIpc) is 3.23. The van der Waals surface area contributed by atoms with Gasteiger partial charge in [-0.1, -0.05) is 91.2 Å². The van der Waals surface area contributed by atoms with Crippen LogP contribution in [0, 0.1) is 12.8 Å². The Morgan fingerprint density at radius 3 is 2.29 bits per heavy atom. The minimum absolute atomic E-state index is 0.161. The van der Waals surface area contributed by atoms with Crippen LogP contribution >= 0.6 is 35.0 Å².